The van der Waals surface area contributed by atoms with Crippen molar-refractivity contribution in [3.8, 4) is 11.5 Å². The fourth-order valence-corrected chi connectivity index (χ4v) is 2.42. The minimum atomic E-state index is 0.302. The largest absolute Gasteiger partial charge is 0.493 e. The minimum absolute atomic E-state index is 0.302. The Balaban J connectivity index is 2.01. The maximum absolute atomic E-state index is 5.99. The number of benzene rings is 2. The van der Waals surface area contributed by atoms with Gasteiger partial charge >= 0.3 is 0 Å². The molecule has 0 spiro atoms. The van der Waals surface area contributed by atoms with Gasteiger partial charge in [-0.15, -0.1) is 0 Å². The Morgan fingerprint density at radius 3 is 2.54 bits per heavy atom. The van der Waals surface area contributed by atoms with Gasteiger partial charge in [-0.3, -0.25) is 4.99 Å². The third kappa shape index (κ3) is 4.65. The third-order valence-corrected chi connectivity index (χ3v) is 3.80. The quantitative estimate of drug-likeness (QED) is 0.629. The van der Waals surface area contributed by atoms with Crippen molar-refractivity contribution in [1.82, 2.24) is 0 Å². The highest BCUT2D eigenvalue weighted by Gasteiger charge is 2.07. The smallest absolute Gasteiger partial charge is 0.193 e. The number of rotatable bonds is 6. The van der Waals surface area contributed by atoms with Gasteiger partial charge in [0.05, 0.1) is 14.2 Å². The molecule has 0 aliphatic carbocycles. The summed E-state index contributed by atoms with van der Waals surface area (Å²) < 4.78 is 10.5. The highest BCUT2D eigenvalue weighted by Crippen LogP contribution is 2.29. The van der Waals surface area contributed by atoms with Gasteiger partial charge in [-0.05, 0) is 24.6 Å². The average molecular weight is 327 g/mol. The summed E-state index contributed by atoms with van der Waals surface area (Å²) in [7, 11) is 3.20. The molecular weight excluding hydrogens is 302 g/mol. The molecule has 5 heteroatoms. The molecule has 0 aliphatic rings. The fraction of sp³-hybridized carbons (Fsp3) is 0.316. The van der Waals surface area contributed by atoms with Crippen LogP contribution in [-0.2, 0) is 0 Å². The highest BCUT2D eigenvalue weighted by atomic mass is 16.5. The molecule has 0 aliphatic heterocycles. The summed E-state index contributed by atoms with van der Waals surface area (Å²) in [5, 5.41) is 3.08. The van der Waals surface area contributed by atoms with E-state index in [-0.39, 0.29) is 0 Å². The van der Waals surface area contributed by atoms with Crippen molar-refractivity contribution in [2.75, 3.05) is 26.1 Å². The van der Waals surface area contributed by atoms with Crippen LogP contribution in [0.15, 0.2) is 47.5 Å². The Bertz CT molecular complexity index is 714. The van der Waals surface area contributed by atoms with E-state index in [0.29, 0.717) is 29.9 Å². The van der Waals surface area contributed by atoms with E-state index in [1.165, 1.54) is 11.1 Å². The molecule has 24 heavy (non-hydrogen) atoms. The van der Waals surface area contributed by atoms with E-state index in [1.807, 2.05) is 18.2 Å². The lowest BCUT2D eigenvalue weighted by Crippen LogP contribution is -2.23. The number of aliphatic imine (C=N–C) groups is 1. The molecule has 1 unspecified atom stereocenters. The molecule has 0 radical (unpaired) electrons. The molecule has 0 saturated carbocycles. The van der Waals surface area contributed by atoms with Gasteiger partial charge in [0.2, 0.25) is 0 Å². The van der Waals surface area contributed by atoms with Gasteiger partial charge in [0.1, 0.15) is 0 Å². The second-order valence-corrected chi connectivity index (χ2v) is 5.74. The van der Waals surface area contributed by atoms with Crippen LogP contribution < -0.4 is 20.5 Å². The zero-order valence-electron chi connectivity index (χ0n) is 14.7. The van der Waals surface area contributed by atoms with Crippen molar-refractivity contribution in [2.45, 2.75) is 19.8 Å². The number of guanidine groups is 1. The predicted octanol–water partition coefficient (Wildman–Crippen LogP) is 3.54. The van der Waals surface area contributed by atoms with Crippen LogP contribution in [0.2, 0.25) is 0 Å². The number of aryl methyl sites for hydroxylation is 1. The molecule has 2 aromatic carbocycles. The van der Waals surface area contributed by atoms with Crippen LogP contribution in [0.3, 0.4) is 0 Å². The molecule has 2 rings (SSSR count). The minimum Gasteiger partial charge on any atom is -0.493 e. The number of ether oxygens (including phenoxy) is 2. The molecule has 0 heterocycles. The number of nitrogens with zero attached hydrogens (tertiary/aromatic N) is 1. The maximum atomic E-state index is 5.99. The monoisotopic (exact) mass is 327 g/mol. The van der Waals surface area contributed by atoms with E-state index >= 15 is 0 Å². The van der Waals surface area contributed by atoms with E-state index in [1.54, 1.807) is 14.2 Å². The Kier molecular flexibility index (Phi) is 6.07. The summed E-state index contributed by atoms with van der Waals surface area (Å²) in [6.45, 7) is 4.85. The second kappa shape index (κ2) is 8.24. The van der Waals surface area contributed by atoms with Crippen LogP contribution in [0, 0.1) is 6.92 Å². The molecule has 0 bridgehead atoms. The molecule has 3 N–H and O–H groups in total. The third-order valence-electron chi connectivity index (χ3n) is 3.80. The standard InChI is InChI=1S/C19H25N3O2/c1-13-6-5-7-15(10-13)14(2)12-21-19(20)22-16-8-9-17(23-3)18(11-16)24-4/h5-11,14H,12H2,1-4H3,(H3,20,21,22). The van der Waals surface area contributed by atoms with Crippen molar-refractivity contribution in [1.29, 1.82) is 0 Å². The van der Waals surface area contributed by atoms with Gasteiger partial charge in [-0.25, -0.2) is 0 Å². The lowest BCUT2D eigenvalue weighted by Gasteiger charge is -2.12. The Morgan fingerprint density at radius 1 is 1.12 bits per heavy atom. The molecule has 0 saturated heterocycles. The number of hydrogen-bond donors (Lipinski definition) is 2. The number of anilines is 1. The predicted molar refractivity (Wildman–Crippen MR) is 99.3 cm³/mol. The van der Waals surface area contributed by atoms with Crippen LogP contribution in [-0.4, -0.2) is 26.7 Å². The van der Waals surface area contributed by atoms with Crippen molar-refractivity contribution in [2.24, 2.45) is 10.7 Å². The summed E-state index contributed by atoms with van der Waals surface area (Å²) in [6, 6.07) is 14.0. The van der Waals surface area contributed by atoms with Gasteiger partial charge < -0.3 is 20.5 Å². The number of methoxy groups -OCH3 is 2. The van der Waals surface area contributed by atoms with Crippen LogP contribution in [0.25, 0.3) is 0 Å². The molecule has 128 valence electrons. The molecule has 5 nitrogen and oxygen atoms in total. The first-order valence-electron chi connectivity index (χ1n) is 7.89. The summed E-state index contributed by atoms with van der Waals surface area (Å²) in [4.78, 5) is 4.43. The zero-order valence-corrected chi connectivity index (χ0v) is 14.7. The van der Waals surface area contributed by atoms with Gasteiger partial charge in [0.15, 0.2) is 17.5 Å². The summed E-state index contributed by atoms with van der Waals surface area (Å²) >= 11 is 0. The van der Waals surface area contributed by atoms with Gasteiger partial charge in [-0.2, -0.15) is 0 Å². The first kappa shape index (κ1) is 17.7. The topological polar surface area (TPSA) is 68.9 Å². The van der Waals surface area contributed by atoms with Crippen LogP contribution >= 0.6 is 0 Å². The van der Waals surface area contributed by atoms with E-state index in [2.05, 4.69) is 48.4 Å². The molecular formula is C19H25N3O2. The van der Waals surface area contributed by atoms with Crippen LogP contribution in [0.1, 0.15) is 24.0 Å². The normalized spacial score (nSPS) is 12.6. The van der Waals surface area contributed by atoms with Crippen molar-refractivity contribution in [3.05, 3.63) is 53.6 Å². The summed E-state index contributed by atoms with van der Waals surface area (Å²) in [5.41, 5.74) is 9.31. The average Bonchev–Trinajstić information content (AvgIpc) is 2.59. The van der Waals surface area contributed by atoms with Crippen molar-refractivity contribution >= 4 is 11.6 Å². The second-order valence-electron chi connectivity index (χ2n) is 5.74. The lowest BCUT2D eigenvalue weighted by atomic mass is 10.00. The fourth-order valence-electron chi connectivity index (χ4n) is 2.42. The van der Waals surface area contributed by atoms with Crippen LogP contribution in [0.5, 0.6) is 11.5 Å². The number of nitrogens with one attached hydrogen (secondary N) is 1. The van der Waals surface area contributed by atoms with Crippen molar-refractivity contribution < 1.29 is 9.47 Å². The molecule has 1 atom stereocenters. The molecule has 0 aromatic heterocycles. The van der Waals surface area contributed by atoms with Gasteiger partial charge in [0.25, 0.3) is 0 Å². The Morgan fingerprint density at radius 2 is 1.88 bits per heavy atom. The number of nitrogens with two attached hydrogens (primary N) is 1. The lowest BCUT2D eigenvalue weighted by molar-refractivity contribution is 0.355. The SMILES string of the molecule is COc1ccc(NC(N)=NCC(C)c2cccc(C)c2)cc1OC. The first-order valence-corrected chi connectivity index (χ1v) is 7.89. The molecule has 0 amide bonds. The first-order chi connectivity index (χ1) is 11.5. The van der Waals surface area contributed by atoms with E-state index in [9.17, 15) is 0 Å². The molecule has 2 aromatic rings. The number of hydrogen-bond acceptors (Lipinski definition) is 3. The van der Waals surface area contributed by atoms with Gasteiger partial charge in [0, 0.05) is 24.2 Å². The zero-order chi connectivity index (χ0) is 17.5. The summed E-state index contributed by atoms with van der Waals surface area (Å²) in [6.07, 6.45) is 0. The van der Waals surface area contributed by atoms with E-state index in [4.69, 9.17) is 15.2 Å². The van der Waals surface area contributed by atoms with Crippen LogP contribution in [0.4, 0.5) is 5.69 Å². The maximum Gasteiger partial charge on any atom is 0.193 e. The van der Waals surface area contributed by atoms with Gasteiger partial charge in [-0.1, -0.05) is 36.8 Å². The van der Waals surface area contributed by atoms with E-state index < -0.39 is 0 Å². The molecule has 0 fully saturated rings. The van der Waals surface area contributed by atoms with E-state index in [0.717, 1.165) is 5.69 Å². The Labute approximate surface area is 143 Å². The Hall–Kier alpha value is -2.69. The summed E-state index contributed by atoms with van der Waals surface area (Å²) in [5.74, 6) is 1.99. The van der Waals surface area contributed by atoms with Crippen molar-refractivity contribution in [3.63, 3.8) is 0 Å². The highest BCUT2D eigenvalue weighted by molar-refractivity contribution is 5.92.